The van der Waals surface area contributed by atoms with E-state index in [9.17, 15) is 4.79 Å². The molecule has 0 radical (unpaired) electrons. The first-order valence-corrected chi connectivity index (χ1v) is 11.2. The van der Waals surface area contributed by atoms with Gasteiger partial charge in [0.1, 0.15) is 12.4 Å². The summed E-state index contributed by atoms with van der Waals surface area (Å²) in [5.41, 5.74) is 0.854. The molecular weight excluding hydrogens is 428 g/mol. The maximum atomic E-state index is 12.8. The lowest BCUT2D eigenvalue weighted by atomic mass is 9.97. The van der Waals surface area contributed by atoms with Gasteiger partial charge in [0.2, 0.25) is 17.6 Å². The number of ether oxygens (including phenoxy) is 1. The number of hydrogen-bond acceptors (Lipinski definition) is 6. The summed E-state index contributed by atoms with van der Waals surface area (Å²) in [4.78, 5) is 19.5. The first-order chi connectivity index (χ1) is 15.6. The van der Waals surface area contributed by atoms with Crippen LogP contribution in [0.3, 0.4) is 0 Å². The summed E-state index contributed by atoms with van der Waals surface area (Å²) in [6, 6.07) is 16.9. The van der Waals surface area contributed by atoms with Gasteiger partial charge in [-0.1, -0.05) is 35.0 Å². The van der Waals surface area contributed by atoms with Crippen LogP contribution < -0.4 is 10.1 Å². The largest absolute Gasteiger partial charge is 0.491 e. The molecule has 4 rings (SSSR count). The first kappa shape index (κ1) is 22.3. The Bertz CT molecular complexity index is 1010. The van der Waals surface area contributed by atoms with Crippen molar-refractivity contribution in [3.63, 3.8) is 0 Å². The van der Waals surface area contributed by atoms with Gasteiger partial charge in [0.05, 0.1) is 18.5 Å². The van der Waals surface area contributed by atoms with Gasteiger partial charge in [0.25, 0.3) is 0 Å². The molecule has 32 heavy (non-hydrogen) atoms. The second kappa shape index (κ2) is 10.6. The van der Waals surface area contributed by atoms with Crippen LogP contribution in [0, 0.1) is 5.92 Å². The number of aromatic nitrogens is 2. The van der Waals surface area contributed by atoms with Crippen molar-refractivity contribution in [3.8, 4) is 17.1 Å². The molecule has 7 nitrogen and oxygen atoms in total. The van der Waals surface area contributed by atoms with Crippen LogP contribution in [0.5, 0.6) is 5.75 Å². The highest BCUT2D eigenvalue weighted by atomic mass is 35.5. The number of nitrogens with zero attached hydrogens (tertiary/aromatic N) is 3. The molecule has 2 unspecified atom stereocenters. The van der Waals surface area contributed by atoms with E-state index in [1.165, 1.54) is 0 Å². The van der Waals surface area contributed by atoms with Crippen molar-refractivity contribution in [2.75, 3.05) is 19.7 Å². The molecule has 1 fully saturated rings. The quantitative estimate of drug-likeness (QED) is 0.549. The first-order valence-electron chi connectivity index (χ1n) is 10.9. The topological polar surface area (TPSA) is 80.5 Å². The fourth-order valence-electron chi connectivity index (χ4n) is 3.78. The average molecular weight is 455 g/mol. The van der Waals surface area contributed by atoms with Crippen molar-refractivity contribution in [2.24, 2.45) is 5.92 Å². The van der Waals surface area contributed by atoms with Crippen LogP contribution in [-0.4, -0.2) is 46.7 Å². The molecule has 1 saturated heterocycles. The van der Waals surface area contributed by atoms with Crippen LogP contribution in [0.4, 0.5) is 0 Å². The maximum Gasteiger partial charge on any atom is 0.241 e. The zero-order valence-electron chi connectivity index (χ0n) is 18.0. The lowest BCUT2D eigenvalue weighted by molar-refractivity contribution is -0.127. The molecule has 1 N–H and O–H groups in total. The summed E-state index contributed by atoms with van der Waals surface area (Å²) in [7, 11) is 0. The molecule has 2 aromatic carbocycles. The van der Waals surface area contributed by atoms with E-state index in [1.54, 1.807) is 12.1 Å². The Morgan fingerprint density at radius 1 is 1.25 bits per heavy atom. The fourth-order valence-corrected chi connectivity index (χ4v) is 3.91. The smallest absolute Gasteiger partial charge is 0.241 e. The van der Waals surface area contributed by atoms with Gasteiger partial charge in [-0.2, -0.15) is 4.98 Å². The van der Waals surface area contributed by atoms with Crippen LogP contribution in [0.25, 0.3) is 11.4 Å². The third kappa shape index (κ3) is 6.08. The van der Waals surface area contributed by atoms with Gasteiger partial charge in [-0.05, 0) is 62.7 Å². The molecule has 168 valence electrons. The van der Waals surface area contributed by atoms with Gasteiger partial charge in [0.15, 0.2) is 0 Å². The molecule has 1 aliphatic heterocycles. The average Bonchev–Trinajstić information content (AvgIpc) is 3.27. The number of nitrogens with one attached hydrogen (secondary N) is 1. The van der Waals surface area contributed by atoms with Gasteiger partial charge in [0, 0.05) is 17.1 Å². The monoisotopic (exact) mass is 454 g/mol. The molecule has 0 bridgehead atoms. The normalized spacial score (nSPS) is 17.6. The highest BCUT2D eigenvalue weighted by molar-refractivity contribution is 6.30. The van der Waals surface area contributed by atoms with Crippen molar-refractivity contribution in [2.45, 2.75) is 32.4 Å². The minimum atomic E-state index is -0.0732. The molecule has 0 aliphatic carbocycles. The summed E-state index contributed by atoms with van der Waals surface area (Å²) >= 11 is 5.94. The molecule has 2 atom stereocenters. The number of amides is 1. The zero-order chi connectivity index (χ0) is 22.3. The molecular formula is C24H27ClN4O3. The van der Waals surface area contributed by atoms with Gasteiger partial charge in [-0.25, -0.2) is 0 Å². The van der Waals surface area contributed by atoms with Crippen molar-refractivity contribution in [3.05, 3.63) is 65.5 Å². The summed E-state index contributed by atoms with van der Waals surface area (Å²) in [5, 5.41) is 7.82. The van der Waals surface area contributed by atoms with E-state index in [1.807, 2.05) is 49.4 Å². The van der Waals surface area contributed by atoms with Crippen LogP contribution in [0.2, 0.25) is 5.02 Å². The molecule has 8 heteroatoms. The van der Waals surface area contributed by atoms with E-state index in [4.69, 9.17) is 20.9 Å². The number of piperidine rings is 1. The third-order valence-corrected chi connectivity index (χ3v) is 5.69. The van der Waals surface area contributed by atoms with Crippen LogP contribution >= 0.6 is 11.6 Å². The number of hydrogen-bond donors (Lipinski definition) is 1. The van der Waals surface area contributed by atoms with Crippen LogP contribution in [-0.2, 0) is 11.3 Å². The van der Waals surface area contributed by atoms with Crippen molar-refractivity contribution >= 4 is 17.5 Å². The highest BCUT2D eigenvalue weighted by Gasteiger charge is 2.27. The number of halogens is 1. The maximum absolute atomic E-state index is 12.8. The number of carbonyl (C=O) groups excluding carboxylic acids is 1. The number of likely N-dealkylation sites (tertiary alicyclic amines) is 1. The molecule has 1 amide bonds. The van der Waals surface area contributed by atoms with E-state index < -0.39 is 0 Å². The van der Waals surface area contributed by atoms with Gasteiger partial charge < -0.3 is 14.6 Å². The van der Waals surface area contributed by atoms with Gasteiger partial charge in [-0.3, -0.25) is 9.69 Å². The predicted octanol–water partition coefficient (Wildman–Crippen LogP) is 4.19. The molecule has 0 spiro atoms. The number of benzene rings is 2. The summed E-state index contributed by atoms with van der Waals surface area (Å²) in [6.45, 7) is 4.47. The van der Waals surface area contributed by atoms with E-state index in [2.05, 4.69) is 20.4 Å². The molecule has 0 saturated carbocycles. The Morgan fingerprint density at radius 3 is 2.81 bits per heavy atom. The lowest BCUT2D eigenvalue weighted by Crippen LogP contribution is -2.46. The van der Waals surface area contributed by atoms with Crippen LogP contribution in [0.15, 0.2) is 59.1 Å². The van der Waals surface area contributed by atoms with Crippen molar-refractivity contribution < 1.29 is 14.1 Å². The molecule has 3 aromatic rings. The Balaban J connectivity index is 1.26. The lowest BCUT2D eigenvalue weighted by Gasteiger charge is -2.31. The zero-order valence-corrected chi connectivity index (χ0v) is 18.8. The second-order valence-corrected chi connectivity index (χ2v) is 8.56. The summed E-state index contributed by atoms with van der Waals surface area (Å²) in [6.07, 6.45) is 1.82. The van der Waals surface area contributed by atoms with Crippen molar-refractivity contribution in [1.29, 1.82) is 0 Å². The summed E-state index contributed by atoms with van der Waals surface area (Å²) < 4.78 is 11.2. The van der Waals surface area contributed by atoms with Crippen LogP contribution in [0.1, 0.15) is 25.7 Å². The summed E-state index contributed by atoms with van der Waals surface area (Å²) in [5.74, 6) is 1.87. The van der Waals surface area contributed by atoms with Crippen molar-refractivity contribution in [1.82, 2.24) is 20.4 Å². The number of carbonyl (C=O) groups is 1. The second-order valence-electron chi connectivity index (χ2n) is 8.13. The standard InChI is InChI=1S/C24H27ClN4O3/c1-17(16-31-21-7-3-2-4-8-21)26-24(30)19-6-5-13-29(14-19)15-22-27-23(28-32-22)18-9-11-20(25)12-10-18/h2-4,7-12,17,19H,5-6,13-16H2,1H3,(H,26,30). The Morgan fingerprint density at radius 2 is 2.03 bits per heavy atom. The highest BCUT2D eigenvalue weighted by Crippen LogP contribution is 2.21. The van der Waals surface area contributed by atoms with E-state index in [0.717, 1.165) is 30.7 Å². The third-order valence-electron chi connectivity index (χ3n) is 5.44. The number of rotatable bonds is 8. The Labute approximate surface area is 192 Å². The predicted molar refractivity (Wildman–Crippen MR) is 122 cm³/mol. The minimum absolute atomic E-state index is 0.0613. The van der Waals surface area contributed by atoms with E-state index in [-0.39, 0.29) is 17.9 Å². The van der Waals surface area contributed by atoms with E-state index in [0.29, 0.717) is 36.4 Å². The molecule has 1 aromatic heterocycles. The Kier molecular flexibility index (Phi) is 7.39. The van der Waals surface area contributed by atoms with Gasteiger partial charge in [-0.15, -0.1) is 0 Å². The number of para-hydroxylation sites is 1. The molecule has 2 heterocycles. The minimum Gasteiger partial charge on any atom is -0.491 e. The van der Waals surface area contributed by atoms with Gasteiger partial charge >= 0.3 is 0 Å². The van der Waals surface area contributed by atoms with E-state index >= 15 is 0 Å². The fraction of sp³-hybridized carbons (Fsp3) is 0.375. The molecule has 1 aliphatic rings. The SMILES string of the molecule is CC(COc1ccccc1)NC(=O)C1CCCN(Cc2nc(-c3ccc(Cl)cc3)no2)C1. The Hall–Kier alpha value is -2.90.